The zero-order valence-electron chi connectivity index (χ0n) is 10.3. The Balaban J connectivity index is 2.17. The fraction of sp³-hybridized carbons (Fsp3) is 0.636. The molecule has 0 aliphatic carbocycles. The molecule has 6 nitrogen and oxygen atoms in total. The Hall–Kier alpha value is -1.56. The van der Waals surface area contributed by atoms with E-state index in [-0.39, 0.29) is 5.95 Å². The molecule has 0 saturated carbocycles. The molecule has 1 aromatic rings. The lowest BCUT2D eigenvalue weighted by Crippen LogP contribution is -2.43. The summed E-state index contributed by atoms with van der Waals surface area (Å²) < 4.78 is 5.38. The highest BCUT2D eigenvalue weighted by atomic mass is 16.5. The summed E-state index contributed by atoms with van der Waals surface area (Å²) in [7, 11) is 1.76. The van der Waals surface area contributed by atoms with Crippen molar-refractivity contribution in [1.82, 2.24) is 9.97 Å². The predicted molar refractivity (Wildman–Crippen MR) is 67.7 cm³/mol. The van der Waals surface area contributed by atoms with Crippen LogP contribution in [-0.2, 0) is 4.74 Å². The number of nitrogens with zero attached hydrogens (tertiary/aromatic N) is 3. The maximum atomic E-state index is 5.68. The first kappa shape index (κ1) is 11.9. The van der Waals surface area contributed by atoms with Gasteiger partial charge in [0.05, 0.1) is 6.10 Å². The minimum atomic E-state index is 0.223. The topological polar surface area (TPSA) is 90.3 Å². The summed E-state index contributed by atoms with van der Waals surface area (Å²) in [6.07, 6.45) is 2.31. The molecule has 2 heterocycles. The van der Waals surface area contributed by atoms with Crippen LogP contribution in [0.1, 0.15) is 19.8 Å². The number of ether oxygens (including phenoxy) is 1. The molecule has 94 valence electrons. The second kappa shape index (κ2) is 4.75. The highest BCUT2D eigenvalue weighted by molar-refractivity contribution is 5.51. The smallest absolute Gasteiger partial charge is 0.223 e. The molecule has 0 aromatic carbocycles. The first-order valence-electron chi connectivity index (χ1n) is 5.79. The van der Waals surface area contributed by atoms with Crippen LogP contribution in [0, 0.1) is 0 Å². The second-order valence-electron chi connectivity index (χ2n) is 4.43. The fourth-order valence-electron chi connectivity index (χ4n) is 2.30. The van der Waals surface area contributed by atoms with Gasteiger partial charge >= 0.3 is 0 Å². The van der Waals surface area contributed by atoms with Gasteiger partial charge in [-0.2, -0.15) is 9.97 Å². The molecule has 1 aromatic heterocycles. The van der Waals surface area contributed by atoms with Gasteiger partial charge in [-0.15, -0.1) is 0 Å². The van der Waals surface area contributed by atoms with E-state index in [0.717, 1.165) is 25.2 Å². The van der Waals surface area contributed by atoms with E-state index in [1.807, 2.05) is 0 Å². The molecule has 0 bridgehead atoms. The van der Waals surface area contributed by atoms with Gasteiger partial charge in [0.1, 0.15) is 11.6 Å². The van der Waals surface area contributed by atoms with Crippen molar-refractivity contribution in [3.05, 3.63) is 6.07 Å². The Kier molecular flexibility index (Phi) is 3.33. The fourth-order valence-corrected chi connectivity index (χ4v) is 2.30. The standard InChI is InChI=1S/C11H19N5O/c1-7-5-8(17-2)3-4-16(7)10-6-9(12)14-11(13)15-10/h6-8H,3-5H2,1-2H3,(H4,12,13,14,15). The average molecular weight is 237 g/mol. The first-order chi connectivity index (χ1) is 8.10. The number of nitrogens with two attached hydrogens (primary N) is 2. The second-order valence-corrected chi connectivity index (χ2v) is 4.43. The van der Waals surface area contributed by atoms with Crippen LogP contribution in [0.25, 0.3) is 0 Å². The third kappa shape index (κ3) is 2.58. The lowest BCUT2D eigenvalue weighted by Gasteiger charge is -2.37. The van der Waals surface area contributed by atoms with Crippen molar-refractivity contribution >= 4 is 17.6 Å². The number of hydrogen-bond donors (Lipinski definition) is 2. The van der Waals surface area contributed by atoms with Crippen molar-refractivity contribution in [3.8, 4) is 0 Å². The van der Waals surface area contributed by atoms with E-state index in [4.69, 9.17) is 16.2 Å². The summed E-state index contributed by atoms with van der Waals surface area (Å²) in [5.74, 6) is 1.44. The van der Waals surface area contributed by atoms with Crippen molar-refractivity contribution in [2.45, 2.75) is 31.9 Å². The lowest BCUT2D eigenvalue weighted by molar-refractivity contribution is 0.0719. The number of rotatable bonds is 2. The molecule has 1 saturated heterocycles. The van der Waals surface area contributed by atoms with E-state index in [1.165, 1.54) is 0 Å². The predicted octanol–water partition coefficient (Wildman–Crippen LogP) is 0.645. The molecule has 17 heavy (non-hydrogen) atoms. The molecular weight excluding hydrogens is 218 g/mol. The zero-order chi connectivity index (χ0) is 12.4. The van der Waals surface area contributed by atoms with Crippen LogP contribution in [0.5, 0.6) is 0 Å². The number of aromatic nitrogens is 2. The van der Waals surface area contributed by atoms with Crippen LogP contribution in [0.3, 0.4) is 0 Å². The van der Waals surface area contributed by atoms with E-state index in [1.54, 1.807) is 13.2 Å². The van der Waals surface area contributed by atoms with E-state index < -0.39 is 0 Å². The largest absolute Gasteiger partial charge is 0.383 e. The third-order valence-electron chi connectivity index (χ3n) is 3.21. The Bertz CT molecular complexity index is 377. The molecule has 0 amide bonds. The summed E-state index contributed by atoms with van der Waals surface area (Å²) in [6, 6.07) is 2.13. The monoisotopic (exact) mass is 237 g/mol. The molecule has 1 aliphatic heterocycles. The molecule has 2 atom stereocenters. The number of piperidine rings is 1. The minimum Gasteiger partial charge on any atom is -0.383 e. The van der Waals surface area contributed by atoms with Gasteiger partial charge in [0.15, 0.2) is 0 Å². The van der Waals surface area contributed by atoms with Crippen LogP contribution in [0.2, 0.25) is 0 Å². The van der Waals surface area contributed by atoms with E-state index in [9.17, 15) is 0 Å². The summed E-state index contributed by atoms with van der Waals surface area (Å²) >= 11 is 0. The maximum absolute atomic E-state index is 5.68. The van der Waals surface area contributed by atoms with Crippen molar-refractivity contribution < 1.29 is 4.74 Å². The Morgan fingerprint density at radius 3 is 2.76 bits per heavy atom. The van der Waals surface area contributed by atoms with Gasteiger partial charge < -0.3 is 21.1 Å². The van der Waals surface area contributed by atoms with Crippen molar-refractivity contribution in [3.63, 3.8) is 0 Å². The average Bonchev–Trinajstić information content (AvgIpc) is 2.27. The Labute approximate surface area is 101 Å². The quantitative estimate of drug-likeness (QED) is 0.784. The molecule has 6 heteroatoms. The van der Waals surface area contributed by atoms with Gasteiger partial charge in [-0.25, -0.2) is 0 Å². The summed E-state index contributed by atoms with van der Waals surface area (Å²) in [5, 5.41) is 0. The third-order valence-corrected chi connectivity index (χ3v) is 3.21. The van der Waals surface area contributed by atoms with Crippen LogP contribution in [0.15, 0.2) is 6.07 Å². The number of methoxy groups -OCH3 is 1. The van der Waals surface area contributed by atoms with Gasteiger partial charge in [-0.3, -0.25) is 0 Å². The number of nitrogen functional groups attached to an aromatic ring is 2. The van der Waals surface area contributed by atoms with Gasteiger partial charge in [0.25, 0.3) is 0 Å². The summed E-state index contributed by atoms with van der Waals surface area (Å²) in [4.78, 5) is 10.3. The molecule has 1 fully saturated rings. The van der Waals surface area contributed by atoms with Crippen LogP contribution < -0.4 is 16.4 Å². The SMILES string of the molecule is COC1CCN(c2cc(N)nc(N)n2)C(C)C1. The molecule has 0 radical (unpaired) electrons. The van der Waals surface area contributed by atoms with Gasteiger partial charge in [-0.1, -0.05) is 0 Å². The highest BCUT2D eigenvalue weighted by Gasteiger charge is 2.26. The maximum Gasteiger partial charge on any atom is 0.223 e. The number of hydrogen-bond acceptors (Lipinski definition) is 6. The molecular formula is C11H19N5O. The molecule has 4 N–H and O–H groups in total. The van der Waals surface area contributed by atoms with Crippen molar-refractivity contribution in [2.24, 2.45) is 0 Å². The zero-order valence-corrected chi connectivity index (χ0v) is 10.3. The highest BCUT2D eigenvalue weighted by Crippen LogP contribution is 2.25. The minimum absolute atomic E-state index is 0.223. The van der Waals surface area contributed by atoms with Gasteiger partial charge in [-0.05, 0) is 19.8 Å². The summed E-state index contributed by atoms with van der Waals surface area (Å²) in [6.45, 7) is 3.05. The van der Waals surface area contributed by atoms with E-state index >= 15 is 0 Å². The summed E-state index contributed by atoms with van der Waals surface area (Å²) in [5.41, 5.74) is 11.3. The lowest BCUT2D eigenvalue weighted by atomic mass is 10.0. The normalized spacial score (nSPS) is 24.9. The Morgan fingerprint density at radius 2 is 2.18 bits per heavy atom. The molecule has 2 rings (SSSR count). The van der Waals surface area contributed by atoms with Crippen LogP contribution in [-0.4, -0.2) is 35.8 Å². The van der Waals surface area contributed by atoms with Gasteiger partial charge in [0, 0.05) is 25.8 Å². The Morgan fingerprint density at radius 1 is 1.41 bits per heavy atom. The molecule has 2 unspecified atom stereocenters. The molecule has 0 spiro atoms. The molecule has 1 aliphatic rings. The van der Waals surface area contributed by atoms with Crippen LogP contribution in [0.4, 0.5) is 17.6 Å². The first-order valence-corrected chi connectivity index (χ1v) is 5.79. The number of anilines is 3. The van der Waals surface area contributed by atoms with Crippen molar-refractivity contribution in [2.75, 3.05) is 30.0 Å². The van der Waals surface area contributed by atoms with Crippen LogP contribution >= 0.6 is 0 Å². The van der Waals surface area contributed by atoms with Gasteiger partial charge in [0.2, 0.25) is 5.95 Å². The van der Waals surface area contributed by atoms with E-state index in [0.29, 0.717) is 18.0 Å². The van der Waals surface area contributed by atoms with Crippen molar-refractivity contribution in [1.29, 1.82) is 0 Å². The van der Waals surface area contributed by atoms with E-state index in [2.05, 4.69) is 21.8 Å².